The zero-order valence-corrected chi connectivity index (χ0v) is 18.7. The second kappa shape index (κ2) is 7.92. The highest BCUT2D eigenvalue weighted by atomic mass is 32.2. The molecule has 0 bridgehead atoms. The minimum Gasteiger partial charge on any atom is -0.348 e. The molecular formula is C23H26N2O2S2. The molecule has 1 fully saturated rings. The summed E-state index contributed by atoms with van der Waals surface area (Å²) in [5.74, 6) is 0. The topological polar surface area (TPSA) is 50.3 Å². The first-order chi connectivity index (χ1) is 13.9. The summed E-state index contributed by atoms with van der Waals surface area (Å²) in [4.78, 5) is 7.54. The fourth-order valence-electron chi connectivity index (χ4n) is 4.02. The van der Waals surface area contributed by atoms with Crippen LogP contribution in [0, 0.1) is 20.8 Å². The van der Waals surface area contributed by atoms with E-state index in [4.69, 9.17) is 4.98 Å². The molecule has 152 valence electrons. The Kier molecular flexibility index (Phi) is 5.49. The van der Waals surface area contributed by atoms with Gasteiger partial charge in [0, 0.05) is 24.0 Å². The largest absolute Gasteiger partial charge is 0.348 e. The van der Waals surface area contributed by atoms with Gasteiger partial charge in [-0.05, 0) is 56.9 Å². The molecule has 4 nitrogen and oxygen atoms in total. The van der Waals surface area contributed by atoms with Crippen molar-refractivity contribution in [2.45, 2.75) is 43.8 Å². The minimum atomic E-state index is -3.28. The number of aryl methyl sites for hydroxylation is 3. The van der Waals surface area contributed by atoms with E-state index in [0.29, 0.717) is 17.7 Å². The normalized spacial score (nSPS) is 15.6. The van der Waals surface area contributed by atoms with E-state index in [0.717, 1.165) is 29.5 Å². The highest BCUT2D eigenvalue weighted by molar-refractivity contribution is 7.92. The molecule has 1 aliphatic rings. The number of benzene rings is 2. The van der Waals surface area contributed by atoms with Gasteiger partial charge in [0.25, 0.3) is 0 Å². The molecule has 1 aliphatic heterocycles. The standard InChI is InChI=1S/C23H26N2O2S2/c1-16-7-9-19(10-8-16)29(26,27)20-11-13-25(14-12-20)23-24-21(15-28-23)22-17(2)5-4-6-18(22)3/h4-10,15,20H,11-14H2,1-3H3. The summed E-state index contributed by atoms with van der Waals surface area (Å²) in [7, 11) is -3.28. The van der Waals surface area contributed by atoms with Crippen LogP contribution in [-0.2, 0) is 9.84 Å². The van der Waals surface area contributed by atoms with Crippen LogP contribution in [0.25, 0.3) is 11.3 Å². The van der Waals surface area contributed by atoms with Gasteiger partial charge in [-0.25, -0.2) is 13.4 Å². The Balaban J connectivity index is 1.48. The van der Waals surface area contributed by atoms with Crippen molar-refractivity contribution in [3.05, 3.63) is 64.5 Å². The molecule has 0 N–H and O–H groups in total. The number of thiazole rings is 1. The van der Waals surface area contributed by atoms with E-state index in [1.807, 2.05) is 19.1 Å². The highest BCUT2D eigenvalue weighted by Gasteiger charge is 2.32. The van der Waals surface area contributed by atoms with Crippen LogP contribution in [0.3, 0.4) is 0 Å². The molecule has 0 aliphatic carbocycles. The zero-order chi connectivity index (χ0) is 20.6. The number of anilines is 1. The first-order valence-electron chi connectivity index (χ1n) is 9.94. The van der Waals surface area contributed by atoms with Gasteiger partial charge < -0.3 is 4.90 Å². The number of rotatable bonds is 4. The first kappa shape index (κ1) is 20.1. The van der Waals surface area contributed by atoms with E-state index in [-0.39, 0.29) is 5.25 Å². The fourth-order valence-corrected chi connectivity index (χ4v) is 6.62. The van der Waals surface area contributed by atoms with Crippen LogP contribution in [0.5, 0.6) is 0 Å². The molecule has 6 heteroatoms. The fraction of sp³-hybridized carbons (Fsp3) is 0.348. The van der Waals surface area contributed by atoms with Gasteiger partial charge in [0.1, 0.15) is 0 Å². The second-order valence-electron chi connectivity index (χ2n) is 7.83. The van der Waals surface area contributed by atoms with E-state index < -0.39 is 9.84 Å². The molecule has 0 unspecified atom stereocenters. The maximum absolute atomic E-state index is 13.0. The summed E-state index contributed by atoms with van der Waals surface area (Å²) in [6.45, 7) is 7.63. The van der Waals surface area contributed by atoms with E-state index in [1.54, 1.807) is 23.5 Å². The molecule has 1 aromatic heterocycles. The zero-order valence-electron chi connectivity index (χ0n) is 17.1. The second-order valence-corrected chi connectivity index (χ2v) is 10.9. The molecule has 29 heavy (non-hydrogen) atoms. The number of piperidine rings is 1. The molecule has 0 spiro atoms. The Labute approximate surface area is 177 Å². The van der Waals surface area contributed by atoms with Crippen molar-refractivity contribution in [1.29, 1.82) is 0 Å². The third kappa shape index (κ3) is 3.96. The number of hydrogen-bond donors (Lipinski definition) is 0. The molecule has 2 aromatic carbocycles. The van der Waals surface area contributed by atoms with Crippen molar-refractivity contribution in [3.63, 3.8) is 0 Å². The lowest BCUT2D eigenvalue weighted by Crippen LogP contribution is -2.39. The third-order valence-corrected chi connectivity index (χ3v) is 8.91. The van der Waals surface area contributed by atoms with Gasteiger partial charge in [-0.15, -0.1) is 11.3 Å². The average molecular weight is 427 g/mol. The Morgan fingerprint density at radius 3 is 2.21 bits per heavy atom. The molecule has 0 amide bonds. The molecule has 3 aromatic rings. The van der Waals surface area contributed by atoms with Crippen LogP contribution in [0.4, 0.5) is 5.13 Å². The molecule has 4 rings (SSSR count). The first-order valence-corrected chi connectivity index (χ1v) is 12.4. The van der Waals surface area contributed by atoms with E-state index >= 15 is 0 Å². The molecule has 0 saturated carbocycles. The van der Waals surface area contributed by atoms with Crippen molar-refractivity contribution >= 4 is 26.3 Å². The summed E-state index contributed by atoms with van der Waals surface area (Å²) < 4.78 is 25.9. The molecule has 0 atom stereocenters. The maximum Gasteiger partial charge on any atom is 0.185 e. The van der Waals surface area contributed by atoms with Crippen LogP contribution in [0.1, 0.15) is 29.5 Å². The summed E-state index contributed by atoms with van der Waals surface area (Å²) in [5, 5.41) is 2.77. The predicted molar refractivity (Wildman–Crippen MR) is 121 cm³/mol. The molecule has 0 radical (unpaired) electrons. The van der Waals surface area contributed by atoms with Gasteiger partial charge in [-0.1, -0.05) is 35.9 Å². The van der Waals surface area contributed by atoms with Gasteiger partial charge in [-0.3, -0.25) is 0 Å². The van der Waals surface area contributed by atoms with Crippen LogP contribution in [0.15, 0.2) is 52.7 Å². The van der Waals surface area contributed by atoms with Crippen molar-refractivity contribution in [2.75, 3.05) is 18.0 Å². The van der Waals surface area contributed by atoms with Gasteiger partial charge >= 0.3 is 0 Å². The van der Waals surface area contributed by atoms with Crippen LogP contribution in [0.2, 0.25) is 0 Å². The van der Waals surface area contributed by atoms with Crippen molar-refractivity contribution < 1.29 is 8.42 Å². The van der Waals surface area contributed by atoms with Crippen molar-refractivity contribution in [3.8, 4) is 11.3 Å². The molecular weight excluding hydrogens is 400 g/mol. The van der Waals surface area contributed by atoms with E-state index in [2.05, 4.69) is 42.3 Å². The molecule has 1 saturated heterocycles. The van der Waals surface area contributed by atoms with Crippen molar-refractivity contribution in [1.82, 2.24) is 4.98 Å². The lowest BCUT2D eigenvalue weighted by atomic mass is 10.0. The van der Waals surface area contributed by atoms with Gasteiger partial charge in [0.15, 0.2) is 15.0 Å². The Bertz CT molecular complexity index is 1090. The highest BCUT2D eigenvalue weighted by Crippen LogP contribution is 2.34. The van der Waals surface area contributed by atoms with Gasteiger partial charge in [0.05, 0.1) is 15.8 Å². The number of sulfone groups is 1. The SMILES string of the molecule is Cc1ccc(S(=O)(=O)C2CCN(c3nc(-c4c(C)cccc4C)cs3)CC2)cc1. The maximum atomic E-state index is 13.0. The number of hydrogen-bond acceptors (Lipinski definition) is 5. The Hall–Kier alpha value is -2.18. The third-order valence-electron chi connectivity index (χ3n) is 5.73. The minimum absolute atomic E-state index is 0.320. The van der Waals surface area contributed by atoms with Crippen LogP contribution >= 0.6 is 11.3 Å². The Morgan fingerprint density at radius 2 is 1.59 bits per heavy atom. The summed E-state index contributed by atoms with van der Waals surface area (Å²) >= 11 is 1.64. The van der Waals surface area contributed by atoms with Crippen LogP contribution < -0.4 is 4.90 Å². The monoisotopic (exact) mass is 426 g/mol. The number of nitrogens with zero attached hydrogens (tertiary/aromatic N) is 2. The summed E-state index contributed by atoms with van der Waals surface area (Å²) in [6.07, 6.45) is 1.27. The van der Waals surface area contributed by atoms with Crippen LogP contribution in [-0.4, -0.2) is 31.7 Å². The van der Waals surface area contributed by atoms with Gasteiger partial charge in [0.2, 0.25) is 0 Å². The molecule has 2 heterocycles. The lowest BCUT2D eigenvalue weighted by molar-refractivity contribution is 0.529. The van der Waals surface area contributed by atoms with Gasteiger partial charge in [-0.2, -0.15) is 0 Å². The lowest BCUT2D eigenvalue weighted by Gasteiger charge is -2.31. The van der Waals surface area contributed by atoms with Crippen molar-refractivity contribution in [2.24, 2.45) is 0 Å². The summed E-state index contributed by atoms with van der Waals surface area (Å²) in [6, 6.07) is 13.5. The Morgan fingerprint density at radius 1 is 0.966 bits per heavy atom. The smallest absolute Gasteiger partial charge is 0.185 e. The van der Waals surface area contributed by atoms with E-state index in [9.17, 15) is 8.42 Å². The summed E-state index contributed by atoms with van der Waals surface area (Å²) in [5.41, 5.74) is 5.73. The number of aromatic nitrogens is 1. The average Bonchev–Trinajstić information content (AvgIpc) is 3.18. The predicted octanol–water partition coefficient (Wildman–Crippen LogP) is 5.18. The quantitative estimate of drug-likeness (QED) is 0.577. The van der Waals surface area contributed by atoms with E-state index in [1.165, 1.54) is 16.7 Å².